The number of carbonyl (C=O) groups is 1. The fraction of sp³-hybridized carbons (Fsp3) is 0.765. The first-order valence-corrected chi connectivity index (χ1v) is 8.73. The molecule has 2 heterocycles. The van der Waals surface area contributed by atoms with Crippen molar-refractivity contribution in [3.8, 4) is 0 Å². The Balaban J connectivity index is 2.01. The van der Waals surface area contributed by atoms with Crippen LogP contribution in [-0.2, 0) is 6.42 Å². The number of aliphatic hydroxyl groups is 1. The lowest BCUT2D eigenvalue weighted by molar-refractivity contribution is 0.0380. The first kappa shape index (κ1) is 17.9. The van der Waals surface area contributed by atoms with Crippen LogP contribution in [0.4, 0.5) is 0 Å². The van der Waals surface area contributed by atoms with Gasteiger partial charge in [0.1, 0.15) is 5.69 Å². The maximum absolute atomic E-state index is 12.7. The Morgan fingerprint density at radius 2 is 2.26 bits per heavy atom. The minimum absolute atomic E-state index is 0.00394. The molecule has 0 aromatic carbocycles. The lowest BCUT2D eigenvalue weighted by Crippen LogP contribution is -2.55. The van der Waals surface area contributed by atoms with Crippen LogP contribution in [0, 0.1) is 5.92 Å². The van der Waals surface area contributed by atoms with Crippen LogP contribution < -0.4 is 0 Å². The SMILES string of the molecule is CCCc1cc(C(=O)N2CCN(CC(C)C)C(CCO)C2)n[nH]1. The molecule has 2 N–H and O–H groups in total. The predicted molar refractivity (Wildman–Crippen MR) is 90.4 cm³/mol. The fourth-order valence-electron chi connectivity index (χ4n) is 3.24. The zero-order chi connectivity index (χ0) is 16.8. The molecule has 1 saturated heterocycles. The van der Waals surface area contributed by atoms with E-state index in [1.165, 1.54) is 0 Å². The van der Waals surface area contributed by atoms with E-state index in [1.807, 2.05) is 11.0 Å². The van der Waals surface area contributed by atoms with Gasteiger partial charge >= 0.3 is 0 Å². The molecule has 6 nitrogen and oxygen atoms in total. The Labute approximate surface area is 138 Å². The van der Waals surface area contributed by atoms with Gasteiger partial charge in [0.2, 0.25) is 0 Å². The van der Waals surface area contributed by atoms with E-state index in [0.717, 1.165) is 38.2 Å². The molecule has 1 atom stereocenters. The summed E-state index contributed by atoms with van der Waals surface area (Å²) in [6.45, 7) is 9.93. The number of nitrogens with one attached hydrogen (secondary N) is 1. The van der Waals surface area contributed by atoms with Crippen LogP contribution in [-0.4, -0.2) is 69.8 Å². The topological polar surface area (TPSA) is 72.5 Å². The van der Waals surface area contributed by atoms with Crippen LogP contribution in [0.3, 0.4) is 0 Å². The number of piperazine rings is 1. The summed E-state index contributed by atoms with van der Waals surface area (Å²) >= 11 is 0. The Morgan fingerprint density at radius 3 is 2.91 bits per heavy atom. The average molecular weight is 322 g/mol. The van der Waals surface area contributed by atoms with Gasteiger partial charge in [-0.1, -0.05) is 27.2 Å². The Kier molecular flexibility index (Phi) is 6.59. The summed E-state index contributed by atoms with van der Waals surface area (Å²) < 4.78 is 0. The number of aromatic amines is 1. The standard InChI is InChI=1S/C17H30N4O2/c1-4-5-14-10-16(19-18-14)17(23)21-8-7-20(11-13(2)3)15(12-21)6-9-22/h10,13,15,22H,4-9,11-12H2,1-3H3,(H,18,19). The first-order chi connectivity index (χ1) is 11.0. The minimum Gasteiger partial charge on any atom is -0.396 e. The molecular weight excluding hydrogens is 292 g/mol. The predicted octanol–water partition coefficient (Wildman–Crippen LogP) is 1.53. The summed E-state index contributed by atoms with van der Waals surface area (Å²) in [7, 11) is 0. The van der Waals surface area contributed by atoms with Crippen molar-refractivity contribution >= 4 is 5.91 Å². The second kappa shape index (κ2) is 8.45. The molecule has 2 rings (SSSR count). The van der Waals surface area contributed by atoms with Crippen molar-refractivity contribution < 1.29 is 9.90 Å². The van der Waals surface area contributed by atoms with E-state index in [2.05, 4.69) is 35.9 Å². The normalized spacial score (nSPS) is 19.5. The maximum Gasteiger partial charge on any atom is 0.274 e. The lowest BCUT2D eigenvalue weighted by Gasteiger charge is -2.42. The van der Waals surface area contributed by atoms with Gasteiger partial charge in [-0.15, -0.1) is 0 Å². The number of amides is 1. The maximum atomic E-state index is 12.7. The molecule has 1 fully saturated rings. The van der Waals surface area contributed by atoms with Gasteiger partial charge in [-0.3, -0.25) is 14.8 Å². The summed E-state index contributed by atoms with van der Waals surface area (Å²) in [5.41, 5.74) is 1.52. The van der Waals surface area contributed by atoms with E-state index in [1.54, 1.807) is 0 Å². The molecule has 130 valence electrons. The summed E-state index contributed by atoms with van der Waals surface area (Å²) in [6.07, 6.45) is 2.65. The third-order valence-corrected chi connectivity index (χ3v) is 4.32. The molecule has 0 spiro atoms. The summed E-state index contributed by atoms with van der Waals surface area (Å²) in [6, 6.07) is 2.10. The number of aromatic nitrogens is 2. The van der Waals surface area contributed by atoms with Crippen molar-refractivity contribution in [3.63, 3.8) is 0 Å². The largest absolute Gasteiger partial charge is 0.396 e. The van der Waals surface area contributed by atoms with E-state index in [4.69, 9.17) is 0 Å². The zero-order valence-electron chi connectivity index (χ0n) is 14.6. The number of carbonyl (C=O) groups excluding carboxylic acids is 1. The highest BCUT2D eigenvalue weighted by molar-refractivity contribution is 5.92. The minimum atomic E-state index is -0.00394. The molecule has 23 heavy (non-hydrogen) atoms. The molecule has 0 saturated carbocycles. The van der Waals surface area contributed by atoms with Gasteiger partial charge in [0, 0.05) is 44.5 Å². The monoisotopic (exact) mass is 322 g/mol. The first-order valence-electron chi connectivity index (χ1n) is 8.73. The second-order valence-corrected chi connectivity index (χ2v) is 6.83. The van der Waals surface area contributed by atoms with Crippen molar-refractivity contribution in [2.75, 3.05) is 32.8 Å². The number of aryl methyl sites for hydroxylation is 1. The van der Waals surface area contributed by atoms with E-state index in [-0.39, 0.29) is 18.6 Å². The third-order valence-electron chi connectivity index (χ3n) is 4.32. The molecule has 0 radical (unpaired) electrons. The molecule has 1 aromatic heterocycles. The van der Waals surface area contributed by atoms with Crippen molar-refractivity contribution in [3.05, 3.63) is 17.5 Å². The smallest absolute Gasteiger partial charge is 0.274 e. The van der Waals surface area contributed by atoms with Crippen molar-refractivity contribution in [2.45, 2.75) is 46.1 Å². The van der Waals surface area contributed by atoms with Gasteiger partial charge in [-0.2, -0.15) is 5.10 Å². The molecule has 1 aromatic rings. The van der Waals surface area contributed by atoms with Crippen LogP contribution in [0.25, 0.3) is 0 Å². The summed E-state index contributed by atoms with van der Waals surface area (Å²) in [5.74, 6) is 0.581. The number of hydrogen-bond donors (Lipinski definition) is 2. The number of hydrogen-bond acceptors (Lipinski definition) is 4. The highest BCUT2D eigenvalue weighted by Gasteiger charge is 2.30. The van der Waals surface area contributed by atoms with Crippen LogP contribution in [0.15, 0.2) is 6.07 Å². The number of H-pyrrole nitrogens is 1. The molecule has 1 aliphatic heterocycles. The zero-order valence-corrected chi connectivity index (χ0v) is 14.6. The molecular formula is C17H30N4O2. The van der Waals surface area contributed by atoms with Crippen molar-refractivity contribution in [1.29, 1.82) is 0 Å². The van der Waals surface area contributed by atoms with Gasteiger partial charge in [-0.05, 0) is 24.8 Å². The molecule has 1 unspecified atom stereocenters. The highest BCUT2D eigenvalue weighted by atomic mass is 16.3. The average Bonchev–Trinajstić information content (AvgIpc) is 2.97. The van der Waals surface area contributed by atoms with Crippen LogP contribution in [0.1, 0.15) is 49.8 Å². The summed E-state index contributed by atoms with van der Waals surface area (Å²) in [5, 5.41) is 16.4. The van der Waals surface area contributed by atoms with Crippen LogP contribution >= 0.6 is 0 Å². The van der Waals surface area contributed by atoms with Gasteiger partial charge in [0.25, 0.3) is 5.91 Å². The number of aliphatic hydroxyl groups excluding tert-OH is 1. The van der Waals surface area contributed by atoms with Crippen LogP contribution in [0.5, 0.6) is 0 Å². The Bertz CT molecular complexity index is 501. The van der Waals surface area contributed by atoms with Crippen LogP contribution in [0.2, 0.25) is 0 Å². The molecule has 0 aliphatic carbocycles. The fourth-order valence-corrected chi connectivity index (χ4v) is 3.24. The van der Waals surface area contributed by atoms with E-state index in [0.29, 0.717) is 24.6 Å². The van der Waals surface area contributed by atoms with Gasteiger partial charge in [0.15, 0.2) is 0 Å². The molecule has 1 amide bonds. The molecule has 0 bridgehead atoms. The van der Waals surface area contributed by atoms with E-state index < -0.39 is 0 Å². The van der Waals surface area contributed by atoms with E-state index in [9.17, 15) is 9.90 Å². The molecule has 6 heteroatoms. The third kappa shape index (κ3) is 4.78. The van der Waals surface area contributed by atoms with E-state index >= 15 is 0 Å². The Morgan fingerprint density at radius 1 is 1.48 bits per heavy atom. The van der Waals surface area contributed by atoms with Gasteiger partial charge < -0.3 is 10.0 Å². The molecule has 1 aliphatic rings. The summed E-state index contributed by atoms with van der Waals surface area (Å²) in [4.78, 5) is 16.9. The van der Waals surface area contributed by atoms with Crippen molar-refractivity contribution in [1.82, 2.24) is 20.0 Å². The van der Waals surface area contributed by atoms with Crippen molar-refractivity contribution in [2.24, 2.45) is 5.92 Å². The number of nitrogens with zero attached hydrogens (tertiary/aromatic N) is 3. The van der Waals surface area contributed by atoms with Gasteiger partial charge in [0.05, 0.1) is 0 Å². The lowest BCUT2D eigenvalue weighted by atomic mass is 10.1. The van der Waals surface area contributed by atoms with Gasteiger partial charge in [-0.25, -0.2) is 0 Å². The Hall–Kier alpha value is -1.40. The number of rotatable bonds is 7. The quantitative estimate of drug-likeness (QED) is 0.798. The second-order valence-electron chi connectivity index (χ2n) is 6.83. The highest BCUT2D eigenvalue weighted by Crippen LogP contribution is 2.17.